The zero-order valence-corrected chi connectivity index (χ0v) is 21.3. The van der Waals surface area contributed by atoms with Gasteiger partial charge in [-0.1, -0.05) is 31.2 Å². The molecular formula is C27H30F3N5O3. The lowest BCUT2D eigenvalue weighted by Crippen LogP contribution is -2.52. The molecule has 202 valence electrons. The van der Waals surface area contributed by atoms with Gasteiger partial charge in [0.25, 0.3) is 0 Å². The molecule has 2 aromatic rings. The van der Waals surface area contributed by atoms with Gasteiger partial charge in [0.2, 0.25) is 11.8 Å². The van der Waals surface area contributed by atoms with Gasteiger partial charge in [0.15, 0.2) is 12.1 Å². The van der Waals surface area contributed by atoms with Crippen LogP contribution in [0.2, 0.25) is 0 Å². The van der Waals surface area contributed by atoms with E-state index >= 15 is 0 Å². The molecule has 5 rings (SSSR count). The second-order valence-corrected chi connectivity index (χ2v) is 10.9. The molecule has 38 heavy (non-hydrogen) atoms. The third-order valence-electron chi connectivity index (χ3n) is 7.63. The summed E-state index contributed by atoms with van der Waals surface area (Å²) in [6, 6.07) is 8.52. The molecule has 3 aliphatic rings. The number of alkyl halides is 3. The van der Waals surface area contributed by atoms with Crippen LogP contribution >= 0.6 is 0 Å². The van der Waals surface area contributed by atoms with Gasteiger partial charge in [-0.3, -0.25) is 19.5 Å². The lowest BCUT2D eigenvalue weighted by Gasteiger charge is -2.38. The molecule has 3 N–H and O–H groups in total. The summed E-state index contributed by atoms with van der Waals surface area (Å²) in [5, 5.41) is 2.84. The summed E-state index contributed by atoms with van der Waals surface area (Å²) >= 11 is 0. The number of aromatic nitrogens is 1. The Bertz CT molecular complexity index is 1270. The number of halogens is 3. The molecule has 1 aromatic carbocycles. The van der Waals surface area contributed by atoms with E-state index in [1.54, 1.807) is 36.7 Å². The molecule has 1 aromatic heterocycles. The Morgan fingerprint density at radius 2 is 1.97 bits per heavy atom. The average molecular weight is 530 g/mol. The number of amides is 2. The van der Waals surface area contributed by atoms with Crippen molar-refractivity contribution in [2.45, 2.75) is 63.5 Å². The first-order valence-corrected chi connectivity index (χ1v) is 12.6. The van der Waals surface area contributed by atoms with E-state index in [2.05, 4.69) is 15.3 Å². The Morgan fingerprint density at radius 1 is 1.24 bits per heavy atom. The standard InChI is InChI=1S/C27H30F3N5O3/c1-14-21(23(15-7-6-10-32-13-15)35-20(36)12-26(2,3)34-25(35)31)22(14)24(37)33-17-11-19(27(28,29)30)38-18-9-5-4-8-16(17)18/h4-10,13-14,17,19,21-23H,11-12H2,1-3H3,(H2,31,34)(H,33,37)/t14?,17-,19+,21-,22-,23?/m0/s1. The number of hydrogen-bond acceptors (Lipinski definition) is 6. The van der Waals surface area contributed by atoms with Gasteiger partial charge in [0.05, 0.1) is 24.0 Å². The van der Waals surface area contributed by atoms with Crippen LogP contribution in [0, 0.1) is 17.8 Å². The number of nitrogens with zero attached hydrogens (tertiary/aromatic N) is 3. The molecule has 1 aliphatic carbocycles. The van der Waals surface area contributed by atoms with Crippen molar-refractivity contribution in [3.63, 3.8) is 0 Å². The molecule has 1 fully saturated rings. The third-order valence-corrected chi connectivity index (χ3v) is 7.63. The van der Waals surface area contributed by atoms with E-state index in [4.69, 9.17) is 10.5 Å². The van der Waals surface area contributed by atoms with Crippen LogP contribution in [0.5, 0.6) is 5.75 Å². The summed E-state index contributed by atoms with van der Waals surface area (Å²) < 4.78 is 45.9. The van der Waals surface area contributed by atoms with Crippen molar-refractivity contribution in [2.24, 2.45) is 28.5 Å². The Morgan fingerprint density at radius 3 is 2.63 bits per heavy atom. The molecule has 0 saturated heterocycles. The summed E-state index contributed by atoms with van der Waals surface area (Å²) in [6.45, 7) is 5.54. The van der Waals surface area contributed by atoms with E-state index in [0.29, 0.717) is 11.1 Å². The van der Waals surface area contributed by atoms with Gasteiger partial charge < -0.3 is 15.8 Å². The first kappa shape index (κ1) is 26.0. The van der Waals surface area contributed by atoms with Gasteiger partial charge in [-0.05, 0) is 43.4 Å². The predicted octanol–water partition coefficient (Wildman–Crippen LogP) is 3.90. The predicted molar refractivity (Wildman–Crippen MR) is 133 cm³/mol. The van der Waals surface area contributed by atoms with Crippen LogP contribution in [0.25, 0.3) is 0 Å². The second-order valence-electron chi connectivity index (χ2n) is 10.9. The number of benzene rings is 1. The number of ether oxygens (including phenoxy) is 1. The van der Waals surface area contributed by atoms with Crippen LogP contribution in [0.3, 0.4) is 0 Å². The molecule has 11 heteroatoms. The lowest BCUT2D eigenvalue weighted by molar-refractivity contribution is -0.201. The molecule has 3 heterocycles. The summed E-state index contributed by atoms with van der Waals surface area (Å²) in [6.07, 6.45) is -3.63. The van der Waals surface area contributed by atoms with Gasteiger partial charge in [0, 0.05) is 30.3 Å². The molecule has 2 unspecified atom stereocenters. The normalized spacial score (nSPS) is 29.0. The quantitative estimate of drug-likeness (QED) is 0.611. The maximum atomic E-state index is 13.6. The van der Waals surface area contributed by atoms with E-state index in [1.807, 2.05) is 26.8 Å². The van der Waals surface area contributed by atoms with Crippen LogP contribution in [-0.4, -0.2) is 45.5 Å². The van der Waals surface area contributed by atoms with E-state index in [9.17, 15) is 22.8 Å². The number of nitrogens with one attached hydrogen (secondary N) is 1. The maximum absolute atomic E-state index is 13.6. The summed E-state index contributed by atoms with van der Waals surface area (Å²) in [5.41, 5.74) is 6.85. The van der Waals surface area contributed by atoms with Crippen molar-refractivity contribution in [1.82, 2.24) is 15.2 Å². The van der Waals surface area contributed by atoms with Gasteiger partial charge in [-0.25, -0.2) is 4.99 Å². The fourth-order valence-electron chi connectivity index (χ4n) is 5.79. The average Bonchev–Trinajstić information content (AvgIpc) is 3.50. The highest BCUT2D eigenvalue weighted by Gasteiger charge is 2.59. The van der Waals surface area contributed by atoms with E-state index in [-0.39, 0.29) is 41.8 Å². The Hall–Kier alpha value is -3.63. The molecule has 6 atom stereocenters. The molecule has 2 amide bonds. The highest BCUT2D eigenvalue weighted by atomic mass is 19.4. The minimum Gasteiger partial charge on any atom is -0.480 e. The van der Waals surface area contributed by atoms with Crippen molar-refractivity contribution in [1.29, 1.82) is 0 Å². The molecule has 0 radical (unpaired) electrons. The SMILES string of the molecule is CC1[C@H](C(c2cccnc2)N2C(=O)CC(C)(C)N=C2N)[C@H]1C(=O)N[C@H]1C[C@H](C(F)(F)F)Oc2ccccc21. The zero-order chi connectivity index (χ0) is 27.4. The van der Waals surface area contributed by atoms with E-state index in [1.165, 1.54) is 11.0 Å². The first-order chi connectivity index (χ1) is 17.9. The van der Waals surface area contributed by atoms with Gasteiger partial charge in [-0.15, -0.1) is 0 Å². The number of fused-ring (bicyclic) bond motifs is 1. The van der Waals surface area contributed by atoms with Crippen LogP contribution in [0.1, 0.15) is 56.8 Å². The summed E-state index contributed by atoms with van der Waals surface area (Å²) in [4.78, 5) is 36.9. The molecular weight excluding hydrogens is 499 g/mol. The minimum atomic E-state index is -4.57. The van der Waals surface area contributed by atoms with E-state index in [0.717, 1.165) is 0 Å². The number of carbonyl (C=O) groups excluding carboxylic acids is 2. The highest BCUT2D eigenvalue weighted by Crippen LogP contribution is 2.56. The van der Waals surface area contributed by atoms with Gasteiger partial charge >= 0.3 is 6.18 Å². The monoisotopic (exact) mass is 529 g/mol. The Balaban J connectivity index is 1.42. The van der Waals surface area contributed by atoms with Crippen molar-refractivity contribution >= 4 is 17.8 Å². The largest absolute Gasteiger partial charge is 0.480 e. The maximum Gasteiger partial charge on any atom is 0.425 e. The number of para-hydroxylation sites is 1. The zero-order valence-electron chi connectivity index (χ0n) is 21.3. The summed E-state index contributed by atoms with van der Waals surface area (Å²) in [5.74, 6) is -1.44. The fraction of sp³-hybridized carbons (Fsp3) is 0.481. The molecule has 8 nitrogen and oxygen atoms in total. The number of carbonyl (C=O) groups is 2. The van der Waals surface area contributed by atoms with Crippen LogP contribution in [-0.2, 0) is 9.59 Å². The summed E-state index contributed by atoms with van der Waals surface area (Å²) in [7, 11) is 0. The molecule has 0 spiro atoms. The van der Waals surface area contributed by atoms with E-state index < -0.39 is 42.2 Å². The van der Waals surface area contributed by atoms with Crippen LogP contribution in [0.4, 0.5) is 13.2 Å². The lowest BCUT2D eigenvalue weighted by atomic mass is 9.94. The number of guanidine groups is 1. The minimum absolute atomic E-state index is 0.0738. The molecule has 2 aliphatic heterocycles. The highest BCUT2D eigenvalue weighted by molar-refractivity contribution is 5.99. The van der Waals surface area contributed by atoms with Gasteiger partial charge in [-0.2, -0.15) is 13.2 Å². The topological polar surface area (TPSA) is 110 Å². The Kier molecular flexibility index (Phi) is 6.35. The fourth-order valence-corrected chi connectivity index (χ4v) is 5.79. The molecule has 0 bridgehead atoms. The van der Waals surface area contributed by atoms with Crippen molar-refractivity contribution in [2.75, 3.05) is 0 Å². The van der Waals surface area contributed by atoms with Crippen LogP contribution in [0.15, 0.2) is 53.8 Å². The number of pyridine rings is 1. The third kappa shape index (κ3) is 4.81. The smallest absolute Gasteiger partial charge is 0.425 e. The van der Waals surface area contributed by atoms with Crippen molar-refractivity contribution in [3.05, 3.63) is 59.9 Å². The number of nitrogens with two attached hydrogens (primary N) is 1. The van der Waals surface area contributed by atoms with Crippen molar-refractivity contribution < 1.29 is 27.5 Å². The van der Waals surface area contributed by atoms with Crippen LogP contribution < -0.4 is 15.8 Å². The first-order valence-electron chi connectivity index (χ1n) is 12.6. The molecule has 1 saturated carbocycles. The Labute approximate surface area is 218 Å². The van der Waals surface area contributed by atoms with Crippen molar-refractivity contribution in [3.8, 4) is 5.75 Å². The number of hydrogen-bond donors (Lipinski definition) is 2. The second kappa shape index (κ2) is 9.28. The van der Waals surface area contributed by atoms with Gasteiger partial charge in [0.1, 0.15) is 5.75 Å². The number of aliphatic imine (C=N–C) groups is 1. The number of rotatable bonds is 5.